The number of ether oxygens (including phenoxy) is 1. The highest BCUT2D eigenvalue weighted by molar-refractivity contribution is 5.78. The number of aromatic nitrogens is 1. The maximum absolute atomic E-state index is 12.0. The lowest BCUT2D eigenvalue weighted by atomic mass is 10.2. The molecular weight excluding hydrogens is 280 g/mol. The van der Waals surface area contributed by atoms with E-state index < -0.39 is 0 Å². The Hall–Kier alpha value is -1.66. The quantitative estimate of drug-likeness (QED) is 0.858. The molecule has 0 aromatic carbocycles. The summed E-state index contributed by atoms with van der Waals surface area (Å²) in [5.41, 5.74) is 0. The van der Waals surface area contributed by atoms with E-state index in [-0.39, 0.29) is 12.0 Å². The van der Waals surface area contributed by atoms with E-state index in [1.54, 1.807) is 0 Å². The summed E-state index contributed by atoms with van der Waals surface area (Å²) >= 11 is 0. The SMILES string of the molecule is O=C(CN1CCN(c2ccccn2)CC1)NC[C@@H]1CCCO1. The number of nitrogens with one attached hydrogen (secondary N) is 1. The van der Waals surface area contributed by atoms with E-state index in [9.17, 15) is 4.79 Å². The van der Waals surface area contributed by atoms with Crippen LogP contribution < -0.4 is 10.2 Å². The molecule has 0 spiro atoms. The van der Waals surface area contributed by atoms with Gasteiger partial charge in [-0.3, -0.25) is 9.69 Å². The summed E-state index contributed by atoms with van der Waals surface area (Å²) < 4.78 is 5.51. The van der Waals surface area contributed by atoms with Crippen LogP contribution in [-0.2, 0) is 9.53 Å². The Morgan fingerprint density at radius 3 is 2.86 bits per heavy atom. The Morgan fingerprint density at radius 2 is 2.18 bits per heavy atom. The zero-order valence-corrected chi connectivity index (χ0v) is 12.9. The monoisotopic (exact) mass is 304 g/mol. The van der Waals surface area contributed by atoms with Crippen molar-refractivity contribution in [2.24, 2.45) is 0 Å². The van der Waals surface area contributed by atoms with Gasteiger partial charge in [0.25, 0.3) is 0 Å². The van der Waals surface area contributed by atoms with Gasteiger partial charge in [-0.25, -0.2) is 4.98 Å². The van der Waals surface area contributed by atoms with Crippen molar-refractivity contribution in [2.75, 3.05) is 50.8 Å². The normalized spacial score (nSPS) is 22.7. The molecule has 22 heavy (non-hydrogen) atoms. The largest absolute Gasteiger partial charge is 0.376 e. The first-order valence-electron chi connectivity index (χ1n) is 8.08. The van der Waals surface area contributed by atoms with Crippen molar-refractivity contribution in [1.82, 2.24) is 15.2 Å². The first-order valence-corrected chi connectivity index (χ1v) is 8.08. The molecule has 120 valence electrons. The minimum atomic E-state index is 0.0989. The summed E-state index contributed by atoms with van der Waals surface area (Å²) in [5.74, 6) is 1.12. The number of carbonyl (C=O) groups is 1. The smallest absolute Gasteiger partial charge is 0.234 e. The van der Waals surface area contributed by atoms with Crippen LogP contribution in [-0.4, -0.2) is 67.8 Å². The molecular formula is C16H24N4O2. The van der Waals surface area contributed by atoms with Crippen LogP contribution in [0.4, 0.5) is 5.82 Å². The third-order valence-corrected chi connectivity index (χ3v) is 4.26. The van der Waals surface area contributed by atoms with Crippen LogP contribution in [0, 0.1) is 0 Å². The first-order chi connectivity index (χ1) is 10.8. The van der Waals surface area contributed by atoms with Crippen LogP contribution in [0.2, 0.25) is 0 Å². The van der Waals surface area contributed by atoms with Gasteiger partial charge in [0.15, 0.2) is 0 Å². The molecule has 1 atom stereocenters. The Balaban J connectivity index is 1.37. The molecule has 1 N–H and O–H groups in total. The molecule has 2 aliphatic rings. The fourth-order valence-corrected chi connectivity index (χ4v) is 2.97. The molecule has 2 saturated heterocycles. The van der Waals surface area contributed by atoms with Crippen LogP contribution in [0.3, 0.4) is 0 Å². The highest BCUT2D eigenvalue weighted by Crippen LogP contribution is 2.12. The van der Waals surface area contributed by atoms with Crippen molar-refractivity contribution in [3.05, 3.63) is 24.4 Å². The van der Waals surface area contributed by atoms with Gasteiger partial charge in [-0.15, -0.1) is 0 Å². The average Bonchev–Trinajstić information content (AvgIpc) is 3.08. The lowest BCUT2D eigenvalue weighted by Crippen LogP contribution is -2.50. The van der Waals surface area contributed by atoms with Crippen LogP contribution in [0.25, 0.3) is 0 Å². The summed E-state index contributed by atoms with van der Waals surface area (Å²) in [4.78, 5) is 20.8. The molecule has 0 unspecified atom stereocenters. The van der Waals surface area contributed by atoms with Crippen molar-refractivity contribution in [2.45, 2.75) is 18.9 Å². The molecule has 0 radical (unpaired) electrons. The summed E-state index contributed by atoms with van der Waals surface area (Å²) in [6.45, 7) is 5.56. The molecule has 6 nitrogen and oxygen atoms in total. The summed E-state index contributed by atoms with van der Waals surface area (Å²) in [5, 5.41) is 2.98. The first kappa shape index (κ1) is 15.2. The third kappa shape index (κ3) is 4.18. The molecule has 2 fully saturated rings. The fourth-order valence-electron chi connectivity index (χ4n) is 2.97. The Morgan fingerprint density at radius 1 is 1.32 bits per heavy atom. The van der Waals surface area contributed by atoms with E-state index in [4.69, 9.17) is 4.74 Å². The molecule has 0 aliphatic carbocycles. The van der Waals surface area contributed by atoms with E-state index in [0.29, 0.717) is 13.1 Å². The number of amides is 1. The van der Waals surface area contributed by atoms with E-state index in [1.165, 1.54) is 0 Å². The van der Waals surface area contributed by atoms with Crippen molar-refractivity contribution in [3.63, 3.8) is 0 Å². The number of hydrogen-bond donors (Lipinski definition) is 1. The van der Waals surface area contributed by atoms with Gasteiger partial charge < -0.3 is 15.0 Å². The van der Waals surface area contributed by atoms with Crippen molar-refractivity contribution in [3.8, 4) is 0 Å². The van der Waals surface area contributed by atoms with Gasteiger partial charge >= 0.3 is 0 Å². The molecule has 2 aliphatic heterocycles. The van der Waals surface area contributed by atoms with Crippen molar-refractivity contribution in [1.29, 1.82) is 0 Å². The second-order valence-electron chi connectivity index (χ2n) is 5.89. The molecule has 1 aromatic heterocycles. The van der Waals surface area contributed by atoms with E-state index >= 15 is 0 Å². The van der Waals surface area contributed by atoms with Gasteiger partial charge in [0.05, 0.1) is 12.6 Å². The standard InChI is InChI=1S/C16H24N4O2/c21-16(18-12-14-4-3-11-22-14)13-19-7-9-20(10-8-19)15-5-1-2-6-17-15/h1-2,5-6,14H,3-4,7-13H2,(H,18,21)/t14-/m0/s1. The van der Waals surface area contributed by atoms with Crippen LogP contribution in [0.1, 0.15) is 12.8 Å². The van der Waals surface area contributed by atoms with Gasteiger partial charge in [0, 0.05) is 45.5 Å². The summed E-state index contributed by atoms with van der Waals surface area (Å²) in [7, 11) is 0. The van der Waals surface area contributed by atoms with E-state index in [0.717, 1.165) is 51.4 Å². The Kier molecular flexibility index (Phi) is 5.24. The summed E-state index contributed by atoms with van der Waals surface area (Å²) in [6, 6.07) is 5.97. The zero-order chi connectivity index (χ0) is 15.2. The number of carbonyl (C=O) groups excluding carboxylic acids is 1. The van der Waals surface area contributed by atoms with Gasteiger partial charge in [-0.05, 0) is 25.0 Å². The highest BCUT2D eigenvalue weighted by atomic mass is 16.5. The van der Waals surface area contributed by atoms with E-state index in [2.05, 4.69) is 20.1 Å². The number of rotatable bonds is 5. The highest BCUT2D eigenvalue weighted by Gasteiger charge is 2.21. The minimum absolute atomic E-state index is 0.0989. The summed E-state index contributed by atoms with van der Waals surface area (Å²) in [6.07, 6.45) is 4.20. The van der Waals surface area contributed by atoms with Gasteiger partial charge in [0.1, 0.15) is 5.82 Å². The molecule has 0 saturated carbocycles. The number of hydrogen-bond acceptors (Lipinski definition) is 5. The van der Waals surface area contributed by atoms with Crippen molar-refractivity contribution >= 4 is 11.7 Å². The number of pyridine rings is 1. The lowest BCUT2D eigenvalue weighted by molar-refractivity contribution is -0.122. The Labute approximate surface area is 131 Å². The Bertz CT molecular complexity index is 468. The second-order valence-corrected chi connectivity index (χ2v) is 5.89. The third-order valence-electron chi connectivity index (χ3n) is 4.26. The van der Waals surface area contributed by atoms with Crippen LogP contribution >= 0.6 is 0 Å². The van der Waals surface area contributed by atoms with Crippen LogP contribution in [0.5, 0.6) is 0 Å². The zero-order valence-electron chi connectivity index (χ0n) is 12.9. The topological polar surface area (TPSA) is 57.7 Å². The van der Waals surface area contributed by atoms with Gasteiger partial charge in [-0.2, -0.15) is 0 Å². The van der Waals surface area contributed by atoms with Crippen molar-refractivity contribution < 1.29 is 9.53 Å². The molecule has 1 amide bonds. The molecule has 6 heteroatoms. The van der Waals surface area contributed by atoms with Crippen LogP contribution in [0.15, 0.2) is 24.4 Å². The van der Waals surface area contributed by atoms with E-state index in [1.807, 2.05) is 24.4 Å². The maximum atomic E-state index is 12.0. The number of piperazine rings is 1. The second kappa shape index (κ2) is 7.56. The molecule has 0 bridgehead atoms. The molecule has 3 rings (SSSR count). The average molecular weight is 304 g/mol. The number of anilines is 1. The van der Waals surface area contributed by atoms with Gasteiger partial charge in [-0.1, -0.05) is 6.07 Å². The number of nitrogens with zero attached hydrogens (tertiary/aromatic N) is 3. The van der Waals surface area contributed by atoms with Gasteiger partial charge in [0.2, 0.25) is 5.91 Å². The minimum Gasteiger partial charge on any atom is -0.376 e. The molecule has 3 heterocycles. The maximum Gasteiger partial charge on any atom is 0.234 e. The predicted octanol–water partition coefficient (Wildman–Crippen LogP) is 0.499. The fraction of sp³-hybridized carbons (Fsp3) is 0.625. The predicted molar refractivity (Wildman–Crippen MR) is 84.9 cm³/mol. The lowest BCUT2D eigenvalue weighted by Gasteiger charge is -2.35. The molecule has 1 aromatic rings.